The normalized spacial score (nSPS) is 29.9. The van der Waals surface area contributed by atoms with E-state index in [1.165, 1.54) is 6.07 Å². The number of carbonyl (C=O) groups excluding carboxylic acids is 1. The van der Waals surface area contributed by atoms with Crippen molar-refractivity contribution in [2.24, 2.45) is 11.7 Å². The molecule has 5 unspecified atom stereocenters. The van der Waals surface area contributed by atoms with E-state index in [0.29, 0.717) is 48.6 Å². The Morgan fingerprint density at radius 3 is 2.81 bits per heavy atom. The second kappa shape index (κ2) is 8.93. The van der Waals surface area contributed by atoms with Crippen LogP contribution in [-0.4, -0.2) is 89.7 Å². The molecule has 6 heterocycles. The summed E-state index contributed by atoms with van der Waals surface area (Å²) in [4.78, 5) is 25.0. The molecule has 1 amide bonds. The van der Waals surface area contributed by atoms with Crippen molar-refractivity contribution in [3.63, 3.8) is 0 Å². The largest absolute Gasteiger partial charge is 0.481 e. The predicted molar refractivity (Wildman–Crippen MR) is 135 cm³/mol. The lowest BCUT2D eigenvalue weighted by Crippen LogP contribution is -2.73. The lowest BCUT2D eigenvalue weighted by atomic mass is 9.82. The van der Waals surface area contributed by atoms with Gasteiger partial charge in [-0.1, -0.05) is 0 Å². The minimum absolute atomic E-state index is 0.00767. The molecule has 4 N–H and O–H groups in total. The number of amides is 1. The van der Waals surface area contributed by atoms with Gasteiger partial charge >= 0.3 is 0 Å². The highest BCUT2D eigenvalue weighted by Gasteiger charge is 2.65. The minimum atomic E-state index is -1.07. The number of carbonyl (C=O) groups is 1. The summed E-state index contributed by atoms with van der Waals surface area (Å²) in [5.74, 6) is 1.24. The number of rotatable bonds is 8. The van der Waals surface area contributed by atoms with Crippen molar-refractivity contribution in [1.29, 1.82) is 5.26 Å². The molecular weight excluding hydrogens is 496 g/mol. The molecule has 4 fully saturated rings. The van der Waals surface area contributed by atoms with Crippen molar-refractivity contribution in [3.8, 4) is 11.9 Å². The number of aromatic nitrogens is 4. The van der Waals surface area contributed by atoms with E-state index < -0.39 is 16.9 Å². The molecule has 13 nitrogen and oxygen atoms in total. The van der Waals surface area contributed by atoms with Gasteiger partial charge in [0.1, 0.15) is 27.4 Å². The molecule has 2 aromatic heterocycles. The van der Waals surface area contributed by atoms with Crippen molar-refractivity contribution < 1.29 is 13.7 Å². The topological polar surface area (TPSA) is 169 Å². The highest BCUT2D eigenvalue weighted by Crippen LogP contribution is 2.56. The van der Waals surface area contributed by atoms with Crippen LogP contribution in [0, 0.1) is 17.2 Å². The van der Waals surface area contributed by atoms with E-state index in [0.717, 1.165) is 32.1 Å². The number of piperidine rings is 1. The first-order chi connectivity index (χ1) is 17.8. The molecule has 37 heavy (non-hydrogen) atoms. The maximum Gasteiger partial charge on any atom is 0.266 e. The standard InChI is InChI=1S/C23H30N10O3S/c1-31(22-27-18(8-20(28-22)36-2)26-19-7-17(21(25)34)29-30-19)15-5-14-3-4-23(9-16(6-15)33(14)23)37(35)32-11-13(10-24)12-32/h7-8,13-16H,3-6,9,11-12H2,1-2H3,(H2,25,34)(H2,26,27,28,29,30). The average Bonchev–Trinajstić information content (AvgIpc) is 3.45. The molecule has 5 atom stereocenters. The number of methoxy groups -OCH3 is 1. The van der Waals surface area contributed by atoms with Crippen molar-refractivity contribution in [3.05, 3.63) is 17.8 Å². The number of nitrogens with one attached hydrogen (secondary N) is 2. The van der Waals surface area contributed by atoms with Crippen LogP contribution in [0.3, 0.4) is 0 Å². The first-order valence-electron chi connectivity index (χ1n) is 12.4. The van der Waals surface area contributed by atoms with Gasteiger partial charge in [-0.25, -0.2) is 8.51 Å². The summed E-state index contributed by atoms with van der Waals surface area (Å²) in [7, 11) is 2.48. The molecule has 14 heteroatoms. The molecule has 4 aliphatic heterocycles. The van der Waals surface area contributed by atoms with Gasteiger partial charge in [-0.15, -0.1) is 0 Å². The Morgan fingerprint density at radius 2 is 2.11 bits per heavy atom. The summed E-state index contributed by atoms with van der Waals surface area (Å²) >= 11 is 0. The van der Waals surface area contributed by atoms with E-state index in [2.05, 4.69) is 41.4 Å². The number of ether oxygens (including phenoxy) is 1. The summed E-state index contributed by atoms with van der Waals surface area (Å²) in [5.41, 5.74) is 5.50. The lowest BCUT2D eigenvalue weighted by Gasteiger charge is -2.61. The molecule has 0 saturated carbocycles. The third-order valence-electron chi connectivity index (χ3n) is 8.22. The van der Waals surface area contributed by atoms with E-state index in [4.69, 9.17) is 15.7 Å². The van der Waals surface area contributed by atoms with Crippen LogP contribution in [-0.2, 0) is 11.0 Å². The first-order valence-corrected chi connectivity index (χ1v) is 13.5. The monoisotopic (exact) mass is 526 g/mol. The van der Waals surface area contributed by atoms with Crippen LogP contribution in [0.5, 0.6) is 5.88 Å². The lowest BCUT2D eigenvalue weighted by molar-refractivity contribution is -0.0469. The Kier molecular flexibility index (Phi) is 5.81. The summed E-state index contributed by atoms with van der Waals surface area (Å²) in [6, 6.07) is 6.44. The number of nitriles is 1. The zero-order valence-electron chi connectivity index (χ0n) is 20.8. The average molecular weight is 527 g/mol. The van der Waals surface area contributed by atoms with E-state index >= 15 is 0 Å². The highest BCUT2D eigenvalue weighted by atomic mass is 32.2. The summed E-state index contributed by atoms with van der Waals surface area (Å²) in [5, 5.41) is 18.8. The molecule has 6 rings (SSSR count). The molecule has 0 bridgehead atoms. The number of anilines is 3. The van der Waals surface area contributed by atoms with Crippen molar-refractivity contribution >= 4 is 34.5 Å². The Balaban J connectivity index is 1.16. The van der Waals surface area contributed by atoms with Gasteiger partial charge in [-0.2, -0.15) is 20.3 Å². The summed E-state index contributed by atoms with van der Waals surface area (Å²) in [6.45, 7) is 1.23. The van der Waals surface area contributed by atoms with Gasteiger partial charge in [0, 0.05) is 50.4 Å². The highest BCUT2D eigenvalue weighted by molar-refractivity contribution is 7.84. The second-order valence-electron chi connectivity index (χ2n) is 10.3. The SMILES string of the molecule is COc1cc(Nc2cc(C(N)=O)[nH]n2)nc(N(C)C2CC3CCC4(S(=O)N5CC(C#N)C5)CC(C2)N34)n1. The zero-order valence-corrected chi connectivity index (χ0v) is 21.6. The maximum absolute atomic E-state index is 13.4. The van der Waals surface area contributed by atoms with Crippen LogP contribution in [0.1, 0.15) is 42.6 Å². The third-order valence-corrected chi connectivity index (χ3v) is 10.2. The Hall–Kier alpha value is -3.28. The number of H-pyrrole nitrogens is 1. The fourth-order valence-electron chi connectivity index (χ4n) is 6.34. The van der Waals surface area contributed by atoms with E-state index in [9.17, 15) is 9.00 Å². The molecule has 0 radical (unpaired) electrons. The molecule has 0 spiro atoms. The Bertz CT molecular complexity index is 1290. The predicted octanol–water partition coefficient (Wildman–Crippen LogP) is 0.701. The maximum atomic E-state index is 13.4. The fourth-order valence-corrected chi connectivity index (χ4v) is 8.56. The molecule has 0 aliphatic carbocycles. The minimum Gasteiger partial charge on any atom is -0.481 e. The van der Waals surface area contributed by atoms with Crippen LogP contribution in [0.4, 0.5) is 17.6 Å². The van der Waals surface area contributed by atoms with Crippen LogP contribution in [0.2, 0.25) is 0 Å². The third kappa shape index (κ3) is 3.92. The van der Waals surface area contributed by atoms with Gasteiger partial charge in [0.2, 0.25) is 11.8 Å². The van der Waals surface area contributed by atoms with Gasteiger partial charge in [0.15, 0.2) is 5.82 Å². The fraction of sp³-hybridized carbons (Fsp3) is 0.609. The molecule has 0 aromatic carbocycles. The summed E-state index contributed by atoms with van der Waals surface area (Å²) < 4.78 is 20.8. The van der Waals surface area contributed by atoms with E-state index in [1.54, 1.807) is 13.2 Å². The van der Waals surface area contributed by atoms with Gasteiger partial charge in [-0.05, 0) is 32.1 Å². The van der Waals surface area contributed by atoms with Crippen LogP contribution in [0.25, 0.3) is 0 Å². The number of nitrogens with zero attached hydrogens (tertiary/aromatic N) is 7. The summed E-state index contributed by atoms with van der Waals surface area (Å²) in [6.07, 6.45) is 4.76. The quantitative estimate of drug-likeness (QED) is 0.445. The number of aromatic amines is 1. The molecule has 196 valence electrons. The van der Waals surface area contributed by atoms with Gasteiger partial charge < -0.3 is 20.7 Å². The molecule has 4 saturated heterocycles. The van der Waals surface area contributed by atoms with E-state index in [1.807, 2.05) is 11.4 Å². The molecule has 4 aliphatic rings. The van der Waals surface area contributed by atoms with Gasteiger partial charge in [-0.3, -0.25) is 14.8 Å². The smallest absolute Gasteiger partial charge is 0.266 e. The molecule has 2 aromatic rings. The Labute approximate surface area is 216 Å². The Morgan fingerprint density at radius 1 is 1.32 bits per heavy atom. The van der Waals surface area contributed by atoms with Crippen molar-refractivity contribution in [2.45, 2.75) is 55.1 Å². The van der Waals surface area contributed by atoms with Crippen LogP contribution < -0.4 is 20.7 Å². The number of primary amides is 1. The number of nitrogens with two attached hydrogens (primary N) is 1. The second-order valence-corrected chi connectivity index (χ2v) is 12.1. The van der Waals surface area contributed by atoms with Crippen LogP contribution >= 0.6 is 0 Å². The zero-order chi connectivity index (χ0) is 25.9. The number of hydrogen-bond acceptors (Lipinski definition) is 10. The first kappa shape index (κ1) is 24.1. The van der Waals surface area contributed by atoms with Crippen molar-refractivity contribution in [2.75, 3.05) is 37.5 Å². The van der Waals surface area contributed by atoms with Gasteiger partial charge in [0.25, 0.3) is 5.91 Å². The molecular formula is C23H30N10O3S. The van der Waals surface area contributed by atoms with E-state index in [-0.39, 0.29) is 22.5 Å². The number of hydrogen-bond donors (Lipinski definition) is 3. The van der Waals surface area contributed by atoms with Gasteiger partial charge in [0.05, 0.1) is 19.1 Å². The van der Waals surface area contributed by atoms with Crippen molar-refractivity contribution in [1.82, 2.24) is 29.4 Å². The van der Waals surface area contributed by atoms with Crippen LogP contribution in [0.15, 0.2) is 12.1 Å².